The van der Waals surface area contributed by atoms with E-state index in [4.69, 9.17) is 10.8 Å². The molecule has 0 aromatic carbocycles. The number of thioether (sulfide) groups is 1. The number of anilines is 1. The van der Waals surface area contributed by atoms with Gasteiger partial charge < -0.3 is 15.9 Å². The molecule has 1 saturated heterocycles. The maximum atomic E-state index is 14.5. The molecule has 1 aliphatic rings. The summed E-state index contributed by atoms with van der Waals surface area (Å²) in [6, 6.07) is 1.39. The molecule has 0 saturated carbocycles. The van der Waals surface area contributed by atoms with Crippen LogP contribution in [-0.4, -0.2) is 43.4 Å². The molecule has 1 aromatic heterocycles. The van der Waals surface area contributed by atoms with E-state index in [-0.39, 0.29) is 12.4 Å². The van der Waals surface area contributed by atoms with Gasteiger partial charge in [0.15, 0.2) is 5.67 Å². The van der Waals surface area contributed by atoms with Gasteiger partial charge in [-0.15, -0.1) is 11.8 Å². The summed E-state index contributed by atoms with van der Waals surface area (Å²) in [5.41, 5.74) is 2.65. The van der Waals surface area contributed by atoms with Crippen LogP contribution in [0.15, 0.2) is 17.1 Å². The predicted octanol–water partition coefficient (Wildman–Crippen LogP) is -0.479. The molecule has 0 bridgehead atoms. The molecule has 1 aliphatic heterocycles. The minimum absolute atomic E-state index is 0.0547. The summed E-state index contributed by atoms with van der Waals surface area (Å²) in [6.07, 6.45) is -0.00550. The number of hydrogen-bond acceptors (Lipinski definition) is 6. The summed E-state index contributed by atoms with van der Waals surface area (Å²) in [5.74, 6) is 0.0547. The first kappa shape index (κ1) is 13.3. The Hall–Kier alpha value is -1.12. The lowest BCUT2D eigenvalue weighted by atomic mass is 9.98. The van der Waals surface area contributed by atoms with Gasteiger partial charge in [-0.1, -0.05) is 0 Å². The lowest BCUT2D eigenvalue weighted by Gasteiger charge is -2.26. The molecule has 6 nitrogen and oxygen atoms in total. The molecule has 2 rings (SSSR count). The van der Waals surface area contributed by atoms with Crippen molar-refractivity contribution in [3.8, 4) is 0 Å². The summed E-state index contributed by atoms with van der Waals surface area (Å²) >= 11 is 1.01. The summed E-state index contributed by atoms with van der Waals surface area (Å²) < 4.78 is 15.6. The molecule has 0 unspecified atom stereocenters. The largest absolute Gasteiger partial charge is 0.395 e. The van der Waals surface area contributed by atoms with Crippen LogP contribution < -0.4 is 11.4 Å². The summed E-state index contributed by atoms with van der Waals surface area (Å²) in [5, 5.41) is 17.2. The smallest absolute Gasteiger partial charge is 0.350 e. The van der Waals surface area contributed by atoms with Crippen molar-refractivity contribution in [2.75, 3.05) is 12.3 Å². The molecule has 0 amide bonds. The van der Waals surface area contributed by atoms with Crippen LogP contribution in [0.25, 0.3) is 0 Å². The molecule has 18 heavy (non-hydrogen) atoms. The van der Waals surface area contributed by atoms with Crippen LogP contribution in [0.2, 0.25) is 0 Å². The van der Waals surface area contributed by atoms with Crippen LogP contribution in [0.5, 0.6) is 0 Å². The van der Waals surface area contributed by atoms with Gasteiger partial charge in [0.05, 0.1) is 11.9 Å². The van der Waals surface area contributed by atoms with Gasteiger partial charge in [0.2, 0.25) is 0 Å². The van der Waals surface area contributed by atoms with E-state index in [1.54, 1.807) is 0 Å². The number of nitrogen functional groups attached to an aromatic ring is 1. The average molecular weight is 275 g/mol. The van der Waals surface area contributed by atoms with E-state index >= 15 is 0 Å². The van der Waals surface area contributed by atoms with Gasteiger partial charge in [0.1, 0.15) is 17.3 Å². The highest BCUT2D eigenvalue weighted by molar-refractivity contribution is 8.00. The van der Waals surface area contributed by atoms with Crippen molar-refractivity contribution in [1.82, 2.24) is 9.55 Å². The second kappa shape index (κ2) is 4.52. The van der Waals surface area contributed by atoms with Crippen LogP contribution in [-0.2, 0) is 0 Å². The molecular formula is C10H14FN3O3S. The number of aromatic nitrogens is 2. The second-order valence-electron chi connectivity index (χ2n) is 4.35. The standard InChI is InChI=1S/C10H14FN3O3S/c1-10(11)7(16)5(4-15)18-8(10)14-3-2-6(12)13-9(14)17/h2-3,5,7-8,15-16H,4H2,1H3,(H2,12,13,17)/t5-,7-,8-,10-/m1/s1. The average Bonchev–Trinajstić information content (AvgIpc) is 2.52. The number of nitrogens with zero attached hydrogens (tertiary/aromatic N) is 2. The molecule has 2 heterocycles. The van der Waals surface area contributed by atoms with E-state index in [1.165, 1.54) is 19.2 Å². The zero-order valence-corrected chi connectivity index (χ0v) is 10.5. The number of aliphatic hydroxyl groups is 2. The SMILES string of the molecule is C[C@@]1(F)[C@H](O)[C@@H](CO)S[C@H]1n1ccc(N)nc1=O. The fourth-order valence-corrected chi connectivity index (χ4v) is 3.50. The Kier molecular flexibility index (Phi) is 3.35. The molecule has 1 aromatic rings. The Morgan fingerprint density at radius 3 is 2.89 bits per heavy atom. The number of nitrogens with two attached hydrogens (primary N) is 1. The third kappa shape index (κ3) is 2.00. The van der Waals surface area contributed by atoms with Crippen LogP contribution in [0, 0.1) is 0 Å². The van der Waals surface area contributed by atoms with E-state index in [1.807, 2.05) is 0 Å². The van der Waals surface area contributed by atoms with Gasteiger partial charge in [0, 0.05) is 6.20 Å². The van der Waals surface area contributed by atoms with E-state index in [0.29, 0.717) is 0 Å². The fourth-order valence-electron chi connectivity index (χ4n) is 1.97. The number of hydrogen-bond donors (Lipinski definition) is 3. The molecule has 0 radical (unpaired) electrons. The van der Waals surface area contributed by atoms with Crippen molar-refractivity contribution >= 4 is 17.6 Å². The van der Waals surface area contributed by atoms with Gasteiger partial charge in [0.25, 0.3) is 0 Å². The van der Waals surface area contributed by atoms with E-state index < -0.39 is 28.1 Å². The van der Waals surface area contributed by atoms with Crippen molar-refractivity contribution in [2.45, 2.75) is 29.3 Å². The first-order valence-corrected chi connectivity index (χ1v) is 6.30. The van der Waals surface area contributed by atoms with Crippen molar-refractivity contribution < 1.29 is 14.6 Å². The molecule has 100 valence electrons. The molecule has 4 N–H and O–H groups in total. The highest BCUT2D eigenvalue weighted by Gasteiger charge is 2.54. The summed E-state index contributed by atoms with van der Waals surface area (Å²) in [4.78, 5) is 15.2. The predicted molar refractivity (Wildman–Crippen MR) is 65.9 cm³/mol. The topological polar surface area (TPSA) is 101 Å². The third-order valence-corrected chi connectivity index (χ3v) is 4.70. The van der Waals surface area contributed by atoms with Gasteiger partial charge in [-0.2, -0.15) is 4.98 Å². The monoisotopic (exact) mass is 275 g/mol. The van der Waals surface area contributed by atoms with Crippen molar-refractivity contribution in [1.29, 1.82) is 0 Å². The quantitative estimate of drug-likeness (QED) is 0.674. The van der Waals surface area contributed by atoms with Gasteiger partial charge in [-0.3, -0.25) is 4.57 Å². The van der Waals surface area contributed by atoms with Crippen molar-refractivity contribution in [2.24, 2.45) is 0 Å². The van der Waals surface area contributed by atoms with Crippen LogP contribution in [0.4, 0.5) is 10.2 Å². The van der Waals surface area contributed by atoms with E-state index in [9.17, 15) is 14.3 Å². The molecule has 0 aliphatic carbocycles. The Bertz CT molecular complexity index is 507. The number of rotatable bonds is 2. The van der Waals surface area contributed by atoms with E-state index in [2.05, 4.69) is 4.98 Å². The van der Waals surface area contributed by atoms with Crippen LogP contribution in [0.3, 0.4) is 0 Å². The Balaban J connectivity index is 2.42. The van der Waals surface area contributed by atoms with Crippen LogP contribution >= 0.6 is 11.8 Å². The highest BCUT2D eigenvalue weighted by Crippen LogP contribution is 2.50. The third-order valence-electron chi connectivity index (χ3n) is 3.00. The molecule has 8 heteroatoms. The molecule has 4 atom stereocenters. The Morgan fingerprint density at radius 1 is 1.72 bits per heavy atom. The zero-order chi connectivity index (χ0) is 13.5. The number of halogens is 1. The molecule has 1 fully saturated rings. The van der Waals surface area contributed by atoms with Gasteiger partial charge in [-0.25, -0.2) is 9.18 Å². The van der Waals surface area contributed by atoms with Gasteiger partial charge in [-0.05, 0) is 13.0 Å². The Morgan fingerprint density at radius 2 is 2.39 bits per heavy atom. The zero-order valence-electron chi connectivity index (χ0n) is 9.65. The second-order valence-corrected chi connectivity index (χ2v) is 5.67. The maximum absolute atomic E-state index is 14.5. The normalized spacial score (nSPS) is 35.9. The minimum Gasteiger partial charge on any atom is -0.395 e. The lowest BCUT2D eigenvalue weighted by Crippen LogP contribution is -2.42. The highest BCUT2D eigenvalue weighted by atomic mass is 32.2. The summed E-state index contributed by atoms with van der Waals surface area (Å²) in [6.45, 7) is 0.840. The lowest BCUT2D eigenvalue weighted by molar-refractivity contribution is -0.00605. The summed E-state index contributed by atoms with van der Waals surface area (Å²) in [7, 11) is 0. The minimum atomic E-state index is -2.03. The van der Waals surface area contributed by atoms with Crippen LogP contribution in [0.1, 0.15) is 12.3 Å². The van der Waals surface area contributed by atoms with Crippen molar-refractivity contribution in [3.63, 3.8) is 0 Å². The van der Waals surface area contributed by atoms with E-state index in [0.717, 1.165) is 16.3 Å². The first-order chi connectivity index (χ1) is 8.37. The van der Waals surface area contributed by atoms with Gasteiger partial charge >= 0.3 is 5.69 Å². The first-order valence-electron chi connectivity index (χ1n) is 5.36. The molecule has 0 spiro atoms. The number of aliphatic hydroxyl groups excluding tert-OH is 2. The van der Waals surface area contributed by atoms with Crippen molar-refractivity contribution in [3.05, 3.63) is 22.7 Å². The Labute approximate surface area is 107 Å². The fraction of sp³-hybridized carbons (Fsp3) is 0.600. The molecular weight excluding hydrogens is 261 g/mol. The maximum Gasteiger partial charge on any atom is 0.350 e. The number of alkyl halides is 1.